The number of halogens is 1. The summed E-state index contributed by atoms with van der Waals surface area (Å²) < 4.78 is 16.1. The SMILES string of the molecule is CCc1ccc(NC(=O)N(CC(=O)N2CCn3cccc3C2c2cccc(F)c2)C(C)C)cc1. The van der Waals surface area contributed by atoms with E-state index >= 15 is 0 Å². The third-order valence-electron chi connectivity index (χ3n) is 6.33. The summed E-state index contributed by atoms with van der Waals surface area (Å²) in [7, 11) is 0. The van der Waals surface area contributed by atoms with E-state index in [4.69, 9.17) is 0 Å². The zero-order chi connectivity index (χ0) is 24.2. The third-order valence-corrected chi connectivity index (χ3v) is 6.33. The number of carbonyl (C=O) groups excluding carboxylic acids is 2. The molecule has 2 heterocycles. The first-order valence-electron chi connectivity index (χ1n) is 11.7. The molecule has 1 aromatic heterocycles. The normalized spacial score (nSPS) is 15.2. The van der Waals surface area contributed by atoms with Crippen molar-refractivity contribution >= 4 is 17.6 Å². The van der Waals surface area contributed by atoms with Crippen molar-refractivity contribution in [3.63, 3.8) is 0 Å². The van der Waals surface area contributed by atoms with Crippen LogP contribution in [0.3, 0.4) is 0 Å². The zero-order valence-corrected chi connectivity index (χ0v) is 19.9. The first-order chi connectivity index (χ1) is 16.4. The molecule has 1 N–H and O–H groups in total. The molecule has 0 spiro atoms. The third kappa shape index (κ3) is 4.98. The fourth-order valence-electron chi connectivity index (χ4n) is 4.42. The highest BCUT2D eigenvalue weighted by atomic mass is 19.1. The topological polar surface area (TPSA) is 57.6 Å². The number of hydrogen-bond donors (Lipinski definition) is 1. The lowest BCUT2D eigenvalue weighted by atomic mass is 9.99. The van der Waals surface area contributed by atoms with Crippen molar-refractivity contribution in [3.05, 3.63) is 89.5 Å². The molecule has 3 aromatic rings. The molecule has 2 aromatic carbocycles. The van der Waals surface area contributed by atoms with E-state index in [0.29, 0.717) is 24.3 Å². The smallest absolute Gasteiger partial charge is 0.322 e. The van der Waals surface area contributed by atoms with E-state index in [2.05, 4.69) is 16.8 Å². The summed E-state index contributed by atoms with van der Waals surface area (Å²) in [5.74, 6) is -0.516. The molecular weight excluding hydrogens is 431 g/mol. The Morgan fingerprint density at radius 2 is 1.85 bits per heavy atom. The molecule has 3 amide bonds. The zero-order valence-electron chi connectivity index (χ0n) is 19.9. The van der Waals surface area contributed by atoms with Crippen molar-refractivity contribution in [1.29, 1.82) is 0 Å². The number of anilines is 1. The fraction of sp³-hybridized carbons (Fsp3) is 0.333. The van der Waals surface area contributed by atoms with Crippen LogP contribution in [0.4, 0.5) is 14.9 Å². The lowest BCUT2D eigenvalue weighted by Crippen LogP contribution is -2.50. The minimum absolute atomic E-state index is 0.0664. The molecule has 0 aliphatic carbocycles. The van der Waals surface area contributed by atoms with E-state index in [1.165, 1.54) is 22.6 Å². The van der Waals surface area contributed by atoms with Gasteiger partial charge in [0, 0.05) is 36.7 Å². The van der Waals surface area contributed by atoms with Crippen molar-refractivity contribution in [2.24, 2.45) is 0 Å². The van der Waals surface area contributed by atoms with Gasteiger partial charge < -0.3 is 19.7 Å². The van der Waals surface area contributed by atoms with Crippen LogP contribution < -0.4 is 5.32 Å². The Kier molecular flexibility index (Phi) is 7.01. The molecule has 1 aliphatic rings. The van der Waals surface area contributed by atoms with Crippen LogP contribution in [0.15, 0.2) is 66.9 Å². The van der Waals surface area contributed by atoms with Crippen LogP contribution in [-0.2, 0) is 17.8 Å². The van der Waals surface area contributed by atoms with E-state index in [-0.39, 0.29) is 30.3 Å². The Morgan fingerprint density at radius 1 is 1.09 bits per heavy atom. The van der Waals surface area contributed by atoms with Crippen LogP contribution in [0.25, 0.3) is 0 Å². The molecular formula is C27H31FN4O2. The van der Waals surface area contributed by atoms with Crippen molar-refractivity contribution in [2.45, 2.75) is 45.8 Å². The lowest BCUT2D eigenvalue weighted by molar-refractivity contribution is -0.134. The number of nitrogens with one attached hydrogen (secondary N) is 1. The van der Waals surface area contributed by atoms with Gasteiger partial charge in [0.1, 0.15) is 12.4 Å². The summed E-state index contributed by atoms with van der Waals surface area (Å²) in [5.41, 5.74) is 3.52. The van der Waals surface area contributed by atoms with E-state index < -0.39 is 6.04 Å². The maximum Gasteiger partial charge on any atom is 0.322 e. The number of aryl methyl sites for hydroxylation is 1. The van der Waals surface area contributed by atoms with Gasteiger partial charge in [-0.2, -0.15) is 0 Å². The number of aromatic nitrogens is 1. The molecule has 0 saturated heterocycles. The van der Waals surface area contributed by atoms with Crippen LogP contribution >= 0.6 is 0 Å². The van der Waals surface area contributed by atoms with Gasteiger partial charge in [0.15, 0.2) is 0 Å². The van der Waals surface area contributed by atoms with Gasteiger partial charge in [0.05, 0.1) is 6.04 Å². The van der Waals surface area contributed by atoms with Crippen molar-refractivity contribution in [2.75, 3.05) is 18.4 Å². The molecule has 0 fully saturated rings. The van der Waals surface area contributed by atoms with Crippen molar-refractivity contribution in [3.8, 4) is 0 Å². The fourth-order valence-corrected chi connectivity index (χ4v) is 4.42. The van der Waals surface area contributed by atoms with E-state index in [0.717, 1.165) is 12.1 Å². The second-order valence-corrected chi connectivity index (χ2v) is 8.87. The number of urea groups is 1. The second-order valence-electron chi connectivity index (χ2n) is 8.87. The number of rotatable bonds is 6. The van der Waals surface area contributed by atoms with Crippen LogP contribution in [-0.4, -0.2) is 45.4 Å². The number of hydrogen-bond acceptors (Lipinski definition) is 2. The van der Waals surface area contributed by atoms with Gasteiger partial charge in [-0.05, 0) is 67.8 Å². The molecule has 0 bridgehead atoms. The minimum Gasteiger partial charge on any atom is -0.348 e. The highest BCUT2D eigenvalue weighted by Gasteiger charge is 2.34. The Balaban J connectivity index is 1.55. The molecule has 0 saturated carbocycles. The standard InChI is InChI=1S/C27H31FN4O2/c1-4-20-10-12-23(13-11-20)29-27(34)32(19(2)3)18-25(33)31-16-15-30-14-6-9-24(30)26(31)21-7-5-8-22(28)17-21/h5-14,17,19,26H,4,15-16,18H2,1-3H3,(H,29,34). The summed E-state index contributed by atoms with van der Waals surface area (Å²) in [4.78, 5) is 29.9. The van der Waals surface area contributed by atoms with Gasteiger partial charge in [-0.25, -0.2) is 9.18 Å². The largest absolute Gasteiger partial charge is 0.348 e. The first-order valence-corrected chi connectivity index (χ1v) is 11.7. The highest BCUT2D eigenvalue weighted by Crippen LogP contribution is 2.33. The van der Waals surface area contributed by atoms with Gasteiger partial charge in [-0.3, -0.25) is 4.79 Å². The molecule has 7 heteroatoms. The first kappa shape index (κ1) is 23.5. The summed E-state index contributed by atoms with van der Waals surface area (Å²) in [6, 6.07) is 17.0. The number of carbonyl (C=O) groups is 2. The van der Waals surface area contributed by atoms with Gasteiger partial charge in [-0.1, -0.05) is 31.2 Å². The number of amides is 3. The predicted molar refractivity (Wildman–Crippen MR) is 131 cm³/mol. The van der Waals surface area contributed by atoms with E-state index in [9.17, 15) is 14.0 Å². The number of nitrogens with zero attached hydrogens (tertiary/aromatic N) is 3. The molecule has 178 valence electrons. The molecule has 0 radical (unpaired) electrons. The summed E-state index contributed by atoms with van der Waals surface area (Å²) in [5, 5.41) is 2.91. The Hall–Kier alpha value is -3.61. The second kappa shape index (κ2) is 10.1. The Labute approximate surface area is 200 Å². The van der Waals surface area contributed by atoms with Crippen LogP contribution in [0.5, 0.6) is 0 Å². The minimum atomic E-state index is -0.411. The summed E-state index contributed by atoms with van der Waals surface area (Å²) >= 11 is 0. The molecule has 6 nitrogen and oxygen atoms in total. The maximum absolute atomic E-state index is 14.1. The molecule has 1 aliphatic heterocycles. The van der Waals surface area contributed by atoms with Gasteiger partial charge >= 0.3 is 6.03 Å². The summed E-state index contributed by atoms with van der Waals surface area (Å²) in [6.45, 7) is 6.92. The van der Waals surface area contributed by atoms with Gasteiger partial charge in [0.2, 0.25) is 5.91 Å². The Bertz CT molecular complexity index is 1160. The van der Waals surface area contributed by atoms with E-state index in [1.807, 2.05) is 62.5 Å². The number of benzene rings is 2. The highest BCUT2D eigenvalue weighted by molar-refractivity contribution is 5.92. The predicted octanol–water partition coefficient (Wildman–Crippen LogP) is 5.06. The summed E-state index contributed by atoms with van der Waals surface area (Å²) in [6.07, 6.45) is 2.90. The average Bonchev–Trinajstić information content (AvgIpc) is 3.31. The monoisotopic (exact) mass is 462 g/mol. The maximum atomic E-state index is 14.1. The number of fused-ring (bicyclic) bond motifs is 1. The van der Waals surface area contributed by atoms with Crippen LogP contribution in [0.1, 0.15) is 43.6 Å². The average molecular weight is 463 g/mol. The molecule has 1 unspecified atom stereocenters. The van der Waals surface area contributed by atoms with Crippen molar-refractivity contribution < 1.29 is 14.0 Å². The molecule has 4 rings (SSSR count). The van der Waals surface area contributed by atoms with Crippen molar-refractivity contribution in [1.82, 2.24) is 14.4 Å². The van der Waals surface area contributed by atoms with E-state index in [1.54, 1.807) is 11.0 Å². The molecule has 34 heavy (non-hydrogen) atoms. The van der Waals surface area contributed by atoms with Gasteiger partial charge in [0.25, 0.3) is 0 Å². The van der Waals surface area contributed by atoms with Gasteiger partial charge in [-0.15, -0.1) is 0 Å². The molecule has 1 atom stereocenters. The quantitative estimate of drug-likeness (QED) is 0.557. The van der Waals surface area contributed by atoms with Crippen LogP contribution in [0, 0.1) is 5.82 Å². The lowest BCUT2D eigenvalue weighted by Gasteiger charge is -2.39. The Morgan fingerprint density at radius 3 is 2.53 bits per heavy atom. The van der Waals surface area contributed by atoms with Crippen LogP contribution in [0.2, 0.25) is 0 Å².